The molecule has 8 nitrogen and oxygen atoms in total. The van der Waals surface area contributed by atoms with Crippen LogP contribution in [0.15, 0.2) is 0 Å². The van der Waals surface area contributed by atoms with Crippen molar-refractivity contribution in [1.29, 1.82) is 0 Å². The molecule has 2 N–H and O–H groups in total. The summed E-state index contributed by atoms with van der Waals surface area (Å²) in [5.41, 5.74) is -0.437. The molecular weight excluding hydrogens is 596 g/mol. The van der Waals surface area contributed by atoms with E-state index in [-0.39, 0.29) is 47.6 Å². The van der Waals surface area contributed by atoms with Gasteiger partial charge in [0.05, 0.1) is 12.2 Å². The fourth-order valence-electron chi connectivity index (χ4n) is 14.0. The number of aliphatic hydroxyl groups excluding tert-OH is 1. The predicted octanol–water partition coefficient (Wildman–Crippen LogP) is 7.71. The fraction of sp³-hybridized carbons (Fsp3) is 0.974. The molecule has 1 spiro atoms. The standard InChI is InChI=1S/C39H62O8/c1-21(8-14-33(41)42)27-12-13-30-26-10-9-24-19-25(15-17-36(24,4)31(26)20-32(40)38(27,30)6)43-34-23(3)29-11-7-22(2)28-16-18-37(5)45-35(44-34)39(28,29)47-46-37/h21-32,34-35,40H,7-20H2,1-6H3,(H,41,42)/t21-,22-,23-,24?,25-,26?,27-,28?,29?,30?,31?,32+,34?,35?,36+,37+,38-,39-/m1/s1. The molecule has 4 aliphatic heterocycles. The third kappa shape index (κ3) is 4.91. The predicted molar refractivity (Wildman–Crippen MR) is 174 cm³/mol. The summed E-state index contributed by atoms with van der Waals surface area (Å²) in [6.45, 7) is 13.8. The number of carboxylic acid groups (broad SMARTS) is 1. The first kappa shape index (κ1) is 33.4. The largest absolute Gasteiger partial charge is 0.481 e. The van der Waals surface area contributed by atoms with E-state index in [4.69, 9.17) is 24.0 Å². The van der Waals surface area contributed by atoms with E-state index in [0.29, 0.717) is 53.8 Å². The van der Waals surface area contributed by atoms with E-state index in [0.717, 1.165) is 51.4 Å². The molecule has 47 heavy (non-hydrogen) atoms. The maximum Gasteiger partial charge on any atom is 0.303 e. The van der Waals surface area contributed by atoms with Gasteiger partial charge in [-0.15, -0.1) is 0 Å². The molecule has 2 bridgehead atoms. The third-order valence-corrected chi connectivity index (χ3v) is 16.7. The maximum absolute atomic E-state index is 12.0. The first-order valence-corrected chi connectivity index (χ1v) is 19.6. The van der Waals surface area contributed by atoms with Gasteiger partial charge >= 0.3 is 5.97 Å². The molecule has 0 aromatic rings. The van der Waals surface area contributed by atoms with Crippen LogP contribution in [0.5, 0.6) is 0 Å². The maximum atomic E-state index is 12.0. The molecule has 4 saturated heterocycles. The van der Waals surface area contributed by atoms with Crippen LogP contribution < -0.4 is 0 Å². The molecule has 9 rings (SSSR count). The van der Waals surface area contributed by atoms with Crippen molar-refractivity contribution in [2.45, 2.75) is 168 Å². The van der Waals surface area contributed by atoms with Gasteiger partial charge in [0.25, 0.3) is 0 Å². The molecule has 8 heteroatoms. The van der Waals surface area contributed by atoms with Gasteiger partial charge < -0.3 is 24.4 Å². The molecule has 5 saturated carbocycles. The average Bonchev–Trinajstić information content (AvgIpc) is 3.24. The van der Waals surface area contributed by atoms with Crippen molar-refractivity contribution in [3.8, 4) is 0 Å². The number of carbonyl (C=O) groups is 1. The minimum Gasteiger partial charge on any atom is -0.481 e. The van der Waals surface area contributed by atoms with Crippen LogP contribution in [0.3, 0.4) is 0 Å². The van der Waals surface area contributed by atoms with Crippen LogP contribution in [-0.4, -0.2) is 52.4 Å². The van der Waals surface area contributed by atoms with Gasteiger partial charge in [-0.3, -0.25) is 4.79 Å². The van der Waals surface area contributed by atoms with E-state index in [2.05, 4.69) is 34.6 Å². The summed E-state index contributed by atoms with van der Waals surface area (Å²) in [4.78, 5) is 23.7. The van der Waals surface area contributed by atoms with E-state index in [1.54, 1.807) is 0 Å². The first-order chi connectivity index (χ1) is 22.3. The molecule has 0 amide bonds. The lowest BCUT2D eigenvalue weighted by atomic mass is 9.43. The van der Waals surface area contributed by atoms with E-state index >= 15 is 0 Å². The van der Waals surface area contributed by atoms with Crippen molar-refractivity contribution in [2.24, 2.45) is 70.0 Å². The van der Waals surface area contributed by atoms with Crippen LogP contribution in [0.1, 0.15) is 131 Å². The highest BCUT2D eigenvalue weighted by Gasteiger charge is 2.70. The lowest BCUT2D eigenvalue weighted by molar-refractivity contribution is -0.578. The Hall–Kier alpha value is -0.770. The zero-order valence-electron chi connectivity index (χ0n) is 29.8. The SMILES string of the molecule is C[C@H]1C(O[C@@H]2CC[C@@]3(C)C(CCC4C3C[C@H](O)[C@@]3(C)C4CC[C@@H]3[C@H](C)CCC(=O)O)C2)OC2O[C@]3(C)CCC4[C@H](C)CCC1[C@@]24OO3. The van der Waals surface area contributed by atoms with Gasteiger partial charge in [0.15, 0.2) is 18.2 Å². The Kier molecular flexibility index (Phi) is 8.26. The number of aliphatic carboxylic acids is 1. The Morgan fingerprint density at radius 2 is 1.68 bits per heavy atom. The highest BCUT2D eigenvalue weighted by molar-refractivity contribution is 5.66. The minimum atomic E-state index is -0.773. The molecule has 0 radical (unpaired) electrons. The number of carboxylic acids is 1. The summed E-state index contributed by atoms with van der Waals surface area (Å²) >= 11 is 0. The molecule has 18 atom stereocenters. The molecule has 5 aliphatic carbocycles. The zero-order valence-corrected chi connectivity index (χ0v) is 29.8. The zero-order chi connectivity index (χ0) is 33.1. The first-order valence-electron chi connectivity index (χ1n) is 19.6. The van der Waals surface area contributed by atoms with Crippen molar-refractivity contribution < 1.29 is 39.0 Å². The summed E-state index contributed by atoms with van der Waals surface area (Å²) in [5.74, 6) is 2.97. The quantitative estimate of drug-likeness (QED) is 0.221. The van der Waals surface area contributed by atoms with Crippen LogP contribution in [0.2, 0.25) is 0 Å². The second kappa shape index (κ2) is 11.6. The number of fused-ring (bicyclic) bond motifs is 7. The van der Waals surface area contributed by atoms with E-state index in [1.165, 1.54) is 25.7 Å². The Bertz CT molecular complexity index is 1210. The van der Waals surface area contributed by atoms with E-state index in [9.17, 15) is 15.0 Å². The van der Waals surface area contributed by atoms with Crippen LogP contribution in [0.4, 0.5) is 0 Å². The molecule has 9 fully saturated rings. The molecule has 9 aliphatic rings. The number of aliphatic hydroxyl groups is 1. The molecule has 0 aromatic heterocycles. The topological polar surface area (TPSA) is 104 Å². The lowest BCUT2D eigenvalue weighted by Gasteiger charge is -2.63. The Morgan fingerprint density at radius 1 is 0.894 bits per heavy atom. The monoisotopic (exact) mass is 658 g/mol. The van der Waals surface area contributed by atoms with Gasteiger partial charge in [-0.2, -0.15) is 0 Å². The van der Waals surface area contributed by atoms with Crippen LogP contribution in [-0.2, 0) is 28.8 Å². The van der Waals surface area contributed by atoms with Crippen molar-refractivity contribution in [2.75, 3.05) is 0 Å². The van der Waals surface area contributed by atoms with Gasteiger partial charge in [0, 0.05) is 24.7 Å². The lowest BCUT2D eigenvalue weighted by Crippen LogP contribution is -2.70. The van der Waals surface area contributed by atoms with Gasteiger partial charge in [-0.25, -0.2) is 9.78 Å². The van der Waals surface area contributed by atoms with Gasteiger partial charge in [-0.1, -0.05) is 34.6 Å². The number of hydrogen-bond acceptors (Lipinski definition) is 7. The second-order valence-corrected chi connectivity index (χ2v) is 18.7. The average molecular weight is 659 g/mol. The van der Waals surface area contributed by atoms with Gasteiger partial charge in [0.2, 0.25) is 5.79 Å². The smallest absolute Gasteiger partial charge is 0.303 e. The Balaban J connectivity index is 0.956. The van der Waals surface area contributed by atoms with Crippen molar-refractivity contribution in [3.05, 3.63) is 0 Å². The van der Waals surface area contributed by atoms with Gasteiger partial charge in [-0.05, 0) is 142 Å². The minimum absolute atomic E-state index is 0.102. The summed E-state index contributed by atoms with van der Waals surface area (Å²) in [6, 6.07) is 0. The van der Waals surface area contributed by atoms with Crippen molar-refractivity contribution >= 4 is 5.97 Å². The highest BCUT2D eigenvalue weighted by atomic mass is 17.3. The molecular formula is C39H62O8. The van der Waals surface area contributed by atoms with Gasteiger partial charge in [0.1, 0.15) is 0 Å². The number of ether oxygens (including phenoxy) is 3. The molecule has 8 unspecified atom stereocenters. The summed E-state index contributed by atoms with van der Waals surface area (Å²) in [6.07, 6.45) is 13.1. The van der Waals surface area contributed by atoms with Crippen LogP contribution >= 0.6 is 0 Å². The third-order valence-electron chi connectivity index (χ3n) is 16.7. The number of hydrogen-bond donors (Lipinski definition) is 2. The Labute approximate surface area is 282 Å². The van der Waals surface area contributed by atoms with Crippen molar-refractivity contribution in [1.82, 2.24) is 0 Å². The molecule has 0 aromatic carbocycles. The summed E-state index contributed by atoms with van der Waals surface area (Å²) in [5, 5.41) is 21.3. The second-order valence-electron chi connectivity index (χ2n) is 18.7. The normalized spacial score (nSPS) is 57.2. The van der Waals surface area contributed by atoms with Crippen LogP contribution in [0, 0.1) is 70.0 Å². The summed E-state index contributed by atoms with van der Waals surface area (Å²) in [7, 11) is 0. The Morgan fingerprint density at radius 3 is 2.47 bits per heavy atom. The fourth-order valence-corrected chi connectivity index (χ4v) is 14.0. The van der Waals surface area contributed by atoms with Crippen molar-refractivity contribution in [3.63, 3.8) is 0 Å². The van der Waals surface area contributed by atoms with Crippen LogP contribution in [0.25, 0.3) is 0 Å². The molecule has 4 heterocycles. The van der Waals surface area contributed by atoms with E-state index < -0.39 is 23.6 Å². The molecule has 266 valence electrons. The summed E-state index contributed by atoms with van der Waals surface area (Å²) < 4.78 is 20.4. The van der Waals surface area contributed by atoms with E-state index in [1.807, 2.05) is 6.92 Å². The highest BCUT2D eigenvalue weighted by Crippen LogP contribution is 2.69. The number of rotatable bonds is 6.